The van der Waals surface area contributed by atoms with Crippen LogP contribution in [0.2, 0.25) is 0 Å². The molecule has 0 spiro atoms. The summed E-state index contributed by atoms with van der Waals surface area (Å²) in [6.07, 6.45) is 1.76. The van der Waals surface area contributed by atoms with Crippen LogP contribution in [0.1, 0.15) is 15.9 Å². The summed E-state index contributed by atoms with van der Waals surface area (Å²) in [6.45, 7) is 0. The summed E-state index contributed by atoms with van der Waals surface area (Å²) >= 11 is 1.25. The molecule has 0 bridgehead atoms. The standard InChI is InChI=1S/C25H20N2O3S/c1-30-21-14-12-19(13-15-21)23(28)17-31-25-26-22(16-18-8-4-2-5-9-18)24(29)27(25)20-10-6-3-7-11-20/h2-16H,17H2,1H3/b22-16+. The Kier molecular flexibility index (Phi) is 6.29. The molecule has 3 aromatic rings. The molecular formula is C25H20N2O3S. The topological polar surface area (TPSA) is 59.0 Å². The highest BCUT2D eigenvalue weighted by atomic mass is 32.2. The molecule has 0 saturated carbocycles. The van der Waals surface area contributed by atoms with Gasteiger partial charge in [0.15, 0.2) is 11.0 Å². The lowest BCUT2D eigenvalue weighted by molar-refractivity contribution is -0.113. The molecule has 5 nitrogen and oxygen atoms in total. The largest absolute Gasteiger partial charge is 0.497 e. The minimum Gasteiger partial charge on any atom is -0.497 e. The maximum atomic E-state index is 13.1. The quantitative estimate of drug-likeness (QED) is 0.407. The van der Waals surface area contributed by atoms with Gasteiger partial charge in [-0.2, -0.15) is 0 Å². The fraction of sp³-hybridized carbons (Fsp3) is 0.0800. The van der Waals surface area contributed by atoms with Crippen molar-refractivity contribution >= 4 is 40.4 Å². The first-order valence-electron chi connectivity index (χ1n) is 9.71. The van der Waals surface area contributed by atoms with E-state index < -0.39 is 0 Å². The normalized spacial score (nSPS) is 14.6. The Bertz CT molecular complexity index is 1140. The molecule has 6 heteroatoms. The number of thioether (sulfide) groups is 1. The minimum absolute atomic E-state index is 0.0451. The van der Waals surface area contributed by atoms with Crippen LogP contribution in [0.25, 0.3) is 6.08 Å². The molecule has 154 valence electrons. The van der Waals surface area contributed by atoms with Crippen LogP contribution in [0.4, 0.5) is 5.69 Å². The minimum atomic E-state index is -0.213. The van der Waals surface area contributed by atoms with Crippen molar-refractivity contribution in [2.75, 3.05) is 17.8 Å². The first-order chi connectivity index (χ1) is 15.2. The lowest BCUT2D eigenvalue weighted by atomic mass is 10.1. The molecule has 0 aliphatic carbocycles. The average molecular weight is 429 g/mol. The third kappa shape index (κ3) is 4.75. The number of ketones is 1. The summed E-state index contributed by atoms with van der Waals surface area (Å²) in [5.41, 5.74) is 2.54. The fourth-order valence-corrected chi connectivity index (χ4v) is 4.00. The van der Waals surface area contributed by atoms with Gasteiger partial charge in [-0.05, 0) is 48.0 Å². The van der Waals surface area contributed by atoms with E-state index in [2.05, 4.69) is 4.99 Å². The van der Waals surface area contributed by atoms with E-state index in [0.29, 0.717) is 27.9 Å². The second-order valence-electron chi connectivity index (χ2n) is 6.75. The summed E-state index contributed by atoms with van der Waals surface area (Å²) in [4.78, 5) is 31.9. The smallest absolute Gasteiger partial charge is 0.283 e. The Labute approximate surface area is 185 Å². The Morgan fingerprint density at radius 3 is 2.26 bits per heavy atom. The van der Waals surface area contributed by atoms with Crippen molar-refractivity contribution < 1.29 is 14.3 Å². The average Bonchev–Trinajstić information content (AvgIpc) is 3.13. The zero-order valence-electron chi connectivity index (χ0n) is 16.9. The molecule has 1 amide bonds. The van der Waals surface area contributed by atoms with Gasteiger partial charge in [0.2, 0.25) is 0 Å². The molecule has 31 heavy (non-hydrogen) atoms. The van der Waals surface area contributed by atoms with Crippen molar-refractivity contribution in [3.8, 4) is 5.75 Å². The summed E-state index contributed by atoms with van der Waals surface area (Å²) in [7, 11) is 1.58. The third-order valence-corrected chi connectivity index (χ3v) is 5.63. The Hall–Kier alpha value is -3.64. The van der Waals surface area contributed by atoms with Crippen molar-refractivity contribution in [3.05, 3.63) is 102 Å². The van der Waals surface area contributed by atoms with Gasteiger partial charge in [-0.15, -0.1) is 0 Å². The van der Waals surface area contributed by atoms with E-state index >= 15 is 0 Å². The number of carbonyl (C=O) groups is 2. The van der Waals surface area contributed by atoms with Crippen molar-refractivity contribution in [2.45, 2.75) is 0 Å². The number of amides is 1. The monoisotopic (exact) mass is 428 g/mol. The molecule has 1 heterocycles. The molecule has 3 aromatic carbocycles. The number of nitrogens with zero attached hydrogens (tertiary/aromatic N) is 2. The van der Waals surface area contributed by atoms with E-state index in [1.165, 1.54) is 11.8 Å². The van der Waals surface area contributed by atoms with Crippen LogP contribution in [0.5, 0.6) is 5.75 Å². The van der Waals surface area contributed by atoms with Gasteiger partial charge in [-0.25, -0.2) is 4.99 Å². The molecule has 0 atom stereocenters. The Morgan fingerprint density at radius 1 is 0.968 bits per heavy atom. The third-order valence-electron chi connectivity index (χ3n) is 4.69. The number of Topliss-reactive ketones (excluding diaryl/α,β-unsaturated/α-hetero) is 1. The van der Waals surface area contributed by atoms with Crippen LogP contribution in [-0.2, 0) is 4.79 Å². The highest BCUT2D eigenvalue weighted by Crippen LogP contribution is 2.29. The number of para-hydroxylation sites is 1. The number of benzene rings is 3. The zero-order chi connectivity index (χ0) is 21.6. The summed E-state index contributed by atoms with van der Waals surface area (Å²) < 4.78 is 5.14. The van der Waals surface area contributed by atoms with E-state index in [4.69, 9.17) is 4.74 Å². The zero-order valence-corrected chi connectivity index (χ0v) is 17.7. The molecule has 1 aliphatic heterocycles. The number of methoxy groups -OCH3 is 1. The molecule has 0 unspecified atom stereocenters. The maximum Gasteiger partial charge on any atom is 0.283 e. The van der Waals surface area contributed by atoms with E-state index in [-0.39, 0.29) is 17.4 Å². The summed E-state index contributed by atoms with van der Waals surface area (Å²) in [5.74, 6) is 0.604. The number of rotatable bonds is 6. The number of carbonyl (C=O) groups excluding carboxylic acids is 2. The molecule has 0 aromatic heterocycles. The van der Waals surface area contributed by atoms with E-state index in [1.54, 1.807) is 42.4 Å². The van der Waals surface area contributed by atoms with Crippen LogP contribution >= 0.6 is 11.8 Å². The predicted octanol–water partition coefficient (Wildman–Crippen LogP) is 5.06. The maximum absolute atomic E-state index is 13.1. The highest BCUT2D eigenvalue weighted by Gasteiger charge is 2.32. The summed E-state index contributed by atoms with van der Waals surface area (Å²) in [6, 6.07) is 25.9. The second-order valence-corrected chi connectivity index (χ2v) is 7.69. The van der Waals surface area contributed by atoms with Crippen LogP contribution in [-0.4, -0.2) is 29.7 Å². The predicted molar refractivity (Wildman–Crippen MR) is 126 cm³/mol. The fourth-order valence-electron chi connectivity index (χ4n) is 3.10. The number of ether oxygens (including phenoxy) is 1. The van der Waals surface area contributed by atoms with Crippen molar-refractivity contribution in [1.29, 1.82) is 0 Å². The molecule has 0 radical (unpaired) electrons. The SMILES string of the molecule is COc1ccc(C(=O)CSC2=N/C(=C/c3ccccc3)C(=O)N2c2ccccc2)cc1. The lowest BCUT2D eigenvalue weighted by Gasteiger charge is -2.17. The van der Waals surface area contributed by atoms with E-state index in [0.717, 1.165) is 5.56 Å². The lowest BCUT2D eigenvalue weighted by Crippen LogP contribution is -2.30. The summed E-state index contributed by atoms with van der Waals surface area (Å²) in [5, 5.41) is 0.486. The van der Waals surface area contributed by atoms with E-state index in [1.807, 2.05) is 60.7 Å². The Balaban J connectivity index is 1.58. The number of aliphatic imine (C=N–C) groups is 1. The number of hydrogen-bond donors (Lipinski definition) is 0. The van der Waals surface area contributed by atoms with Crippen LogP contribution in [0.3, 0.4) is 0 Å². The first-order valence-corrected chi connectivity index (χ1v) is 10.7. The first kappa shape index (κ1) is 20.6. The van der Waals surface area contributed by atoms with Gasteiger partial charge in [0.05, 0.1) is 18.6 Å². The van der Waals surface area contributed by atoms with E-state index in [9.17, 15) is 9.59 Å². The highest BCUT2D eigenvalue weighted by molar-refractivity contribution is 8.14. The van der Waals surface area contributed by atoms with Gasteiger partial charge < -0.3 is 4.74 Å². The molecule has 0 saturated heterocycles. The molecule has 0 N–H and O–H groups in total. The van der Waals surface area contributed by atoms with Gasteiger partial charge in [0.25, 0.3) is 5.91 Å². The molecule has 0 fully saturated rings. The molecule has 4 rings (SSSR count). The van der Waals surface area contributed by atoms with Crippen LogP contribution < -0.4 is 9.64 Å². The second kappa shape index (κ2) is 9.45. The number of amidine groups is 1. The van der Waals surface area contributed by atoms with Crippen LogP contribution in [0, 0.1) is 0 Å². The van der Waals surface area contributed by atoms with Crippen molar-refractivity contribution in [1.82, 2.24) is 0 Å². The molecule has 1 aliphatic rings. The van der Waals surface area contributed by atoms with Crippen LogP contribution in [0.15, 0.2) is 95.6 Å². The number of hydrogen-bond acceptors (Lipinski definition) is 5. The number of anilines is 1. The van der Waals surface area contributed by atoms with Gasteiger partial charge in [0.1, 0.15) is 11.4 Å². The van der Waals surface area contributed by atoms with Gasteiger partial charge >= 0.3 is 0 Å². The molecular weight excluding hydrogens is 408 g/mol. The van der Waals surface area contributed by atoms with Gasteiger partial charge in [-0.3, -0.25) is 14.5 Å². The Morgan fingerprint density at radius 2 is 1.61 bits per heavy atom. The van der Waals surface area contributed by atoms with Gasteiger partial charge in [-0.1, -0.05) is 60.3 Å². The van der Waals surface area contributed by atoms with Gasteiger partial charge in [0, 0.05) is 5.56 Å². The van der Waals surface area contributed by atoms with Crippen molar-refractivity contribution in [3.63, 3.8) is 0 Å². The van der Waals surface area contributed by atoms with Crippen molar-refractivity contribution in [2.24, 2.45) is 4.99 Å².